The first-order valence-electron chi connectivity index (χ1n) is 9.91. The summed E-state index contributed by atoms with van der Waals surface area (Å²) in [5.74, 6) is 0.693. The zero-order chi connectivity index (χ0) is 20.7. The van der Waals surface area contributed by atoms with Crippen LogP contribution < -0.4 is 4.74 Å². The van der Waals surface area contributed by atoms with Crippen molar-refractivity contribution in [2.75, 3.05) is 20.2 Å². The van der Waals surface area contributed by atoms with Gasteiger partial charge in [0.25, 0.3) is 5.91 Å². The van der Waals surface area contributed by atoms with Gasteiger partial charge in [-0.2, -0.15) is 5.10 Å². The summed E-state index contributed by atoms with van der Waals surface area (Å²) in [6, 6.07) is 15.7. The van der Waals surface area contributed by atoms with Crippen LogP contribution in [0.1, 0.15) is 22.8 Å². The third-order valence-corrected chi connectivity index (χ3v) is 5.62. The smallest absolute Gasteiger partial charge is 0.254 e. The predicted molar refractivity (Wildman–Crippen MR) is 112 cm³/mol. The molecule has 1 amide bonds. The summed E-state index contributed by atoms with van der Waals surface area (Å²) in [4.78, 5) is 14.9. The Morgan fingerprint density at radius 3 is 2.80 bits per heavy atom. The molecule has 152 valence electrons. The van der Waals surface area contributed by atoms with Gasteiger partial charge >= 0.3 is 0 Å². The Morgan fingerprint density at radius 2 is 2.00 bits per heavy atom. The van der Waals surface area contributed by atoms with E-state index in [1.54, 1.807) is 11.8 Å². The van der Waals surface area contributed by atoms with Crippen LogP contribution in [0.5, 0.6) is 5.88 Å². The van der Waals surface area contributed by atoms with E-state index in [9.17, 15) is 4.79 Å². The molecule has 0 saturated carbocycles. The van der Waals surface area contributed by atoms with Crippen molar-refractivity contribution < 1.29 is 9.53 Å². The molecule has 2 aromatic carbocycles. The highest BCUT2D eigenvalue weighted by molar-refractivity contribution is 5.98. The Kier molecular flexibility index (Phi) is 4.46. The molecule has 1 fully saturated rings. The van der Waals surface area contributed by atoms with Crippen molar-refractivity contribution in [3.63, 3.8) is 0 Å². The maximum Gasteiger partial charge on any atom is 0.254 e. The van der Waals surface area contributed by atoms with Gasteiger partial charge in [-0.1, -0.05) is 35.5 Å². The number of likely N-dealkylation sites (tertiary alicyclic amines) is 1. The summed E-state index contributed by atoms with van der Waals surface area (Å²) in [5, 5.41) is 13.9. The summed E-state index contributed by atoms with van der Waals surface area (Å²) in [7, 11) is 3.44. The van der Waals surface area contributed by atoms with Gasteiger partial charge in [0.1, 0.15) is 5.69 Å². The van der Waals surface area contributed by atoms with E-state index in [1.165, 1.54) is 0 Å². The number of ether oxygens (including phenoxy) is 1. The average Bonchev–Trinajstić information content (AvgIpc) is 3.50. The van der Waals surface area contributed by atoms with Crippen LogP contribution in [0.25, 0.3) is 22.2 Å². The first-order valence-corrected chi connectivity index (χ1v) is 9.91. The molecular weight excluding hydrogens is 380 g/mol. The Bertz CT molecular complexity index is 1210. The molecule has 0 spiro atoms. The maximum atomic E-state index is 13.1. The maximum absolute atomic E-state index is 13.1. The van der Waals surface area contributed by atoms with Crippen LogP contribution in [-0.4, -0.2) is 55.8 Å². The second kappa shape index (κ2) is 7.29. The molecule has 0 radical (unpaired) electrons. The van der Waals surface area contributed by atoms with E-state index in [4.69, 9.17) is 4.74 Å². The molecule has 1 aliphatic heterocycles. The second-order valence-corrected chi connectivity index (χ2v) is 7.51. The number of fused-ring (bicyclic) bond motifs is 1. The number of benzene rings is 2. The standard InChI is InChI=1S/C22H22N6O2/c1-26-22(30-2)18-9-8-16(12-19(18)24-26)21(29)27-11-10-17(13-27)28-14-20(23-25-28)15-6-4-3-5-7-15/h3-9,12,14,17H,10-11,13H2,1-2H3. The number of aryl methyl sites for hydroxylation is 1. The molecule has 30 heavy (non-hydrogen) atoms. The molecule has 1 unspecified atom stereocenters. The quantitative estimate of drug-likeness (QED) is 0.524. The van der Waals surface area contributed by atoms with Gasteiger partial charge in [-0.05, 0) is 24.6 Å². The molecule has 8 nitrogen and oxygen atoms in total. The number of carbonyl (C=O) groups is 1. The van der Waals surface area contributed by atoms with E-state index in [-0.39, 0.29) is 11.9 Å². The van der Waals surface area contributed by atoms with Gasteiger partial charge in [0.05, 0.1) is 30.3 Å². The van der Waals surface area contributed by atoms with Crippen LogP contribution in [0, 0.1) is 0 Å². The summed E-state index contributed by atoms with van der Waals surface area (Å²) < 4.78 is 8.94. The van der Waals surface area contributed by atoms with Crippen molar-refractivity contribution in [2.24, 2.45) is 7.05 Å². The molecule has 0 aliphatic carbocycles. The Balaban J connectivity index is 1.33. The fourth-order valence-corrected chi connectivity index (χ4v) is 4.07. The molecule has 1 aliphatic rings. The van der Waals surface area contributed by atoms with Gasteiger partial charge < -0.3 is 9.64 Å². The normalized spacial score (nSPS) is 16.3. The van der Waals surface area contributed by atoms with Gasteiger partial charge in [0.15, 0.2) is 0 Å². The minimum absolute atomic E-state index is 0.00687. The lowest BCUT2D eigenvalue weighted by Gasteiger charge is -2.16. The number of aromatic nitrogens is 5. The van der Waals surface area contributed by atoms with Crippen molar-refractivity contribution >= 4 is 16.8 Å². The lowest BCUT2D eigenvalue weighted by atomic mass is 10.1. The van der Waals surface area contributed by atoms with Gasteiger partial charge in [-0.25, -0.2) is 9.36 Å². The summed E-state index contributed by atoms with van der Waals surface area (Å²) in [5.41, 5.74) is 3.26. The Hall–Kier alpha value is -3.68. The molecular formula is C22H22N6O2. The molecule has 2 aromatic heterocycles. The van der Waals surface area contributed by atoms with Crippen LogP contribution in [0.4, 0.5) is 0 Å². The number of methoxy groups -OCH3 is 1. The SMILES string of the molecule is COc1c2ccc(C(=O)N3CCC(n4cc(-c5ccccc5)nn4)C3)cc2nn1C. The number of amides is 1. The topological polar surface area (TPSA) is 78.1 Å². The lowest BCUT2D eigenvalue weighted by Crippen LogP contribution is -2.29. The number of hydrogen-bond donors (Lipinski definition) is 0. The third kappa shape index (κ3) is 3.10. The minimum atomic E-state index is 0.00687. The van der Waals surface area contributed by atoms with E-state index in [2.05, 4.69) is 15.4 Å². The van der Waals surface area contributed by atoms with Crippen molar-refractivity contribution in [3.05, 3.63) is 60.3 Å². The Morgan fingerprint density at radius 1 is 1.17 bits per heavy atom. The fourth-order valence-electron chi connectivity index (χ4n) is 4.07. The van der Waals surface area contributed by atoms with E-state index in [1.807, 2.05) is 71.4 Å². The van der Waals surface area contributed by atoms with Crippen molar-refractivity contribution in [1.29, 1.82) is 0 Å². The average molecular weight is 402 g/mol. The van der Waals surface area contributed by atoms with E-state index >= 15 is 0 Å². The molecule has 8 heteroatoms. The minimum Gasteiger partial charge on any atom is -0.481 e. The number of carbonyl (C=O) groups excluding carboxylic acids is 1. The fraction of sp³-hybridized carbons (Fsp3) is 0.273. The van der Waals surface area contributed by atoms with Crippen LogP contribution in [-0.2, 0) is 7.05 Å². The van der Waals surface area contributed by atoms with Gasteiger partial charge in [0, 0.05) is 31.3 Å². The summed E-state index contributed by atoms with van der Waals surface area (Å²) in [6.07, 6.45) is 2.81. The van der Waals surface area contributed by atoms with Gasteiger partial charge in [-0.3, -0.25) is 4.79 Å². The predicted octanol–water partition coefficient (Wildman–Crippen LogP) is 2.93. The number of rotatable bonds is 4. The molecule has 5 rings (SSSR count). The lowest BCUT2D eigenvalue weighted by molar-refractivity contribution is 0.0787. The van der Waals surface area contributed by atoms with E-state index < -0.39 is 0 Å². The largest absolute Gasteiger partial charge is 0.481 e. The molecule has 0 N–H and O–H groups in total. The molecule has 3 heterocycles. The van der Waals surface area contributed by atoms with Crippen LogP contribution in [0.15, 0.2) is 54.7 Å². The summed E-state index contributed by atoms with van der Waals surface area (Å²) in [6.45, 7) is 1.30. The van der Waals surface area contributed by atoms with Crippen LogP contribution in [0.3, 0.4) is 0 Å². The Labute approximate surface area is 173 Å². The highest BCUT2D eigenvalue weighted by atomic mass is 16.5. The summed E-state index contributed by atoms with van der Waals surface area (Å²) >= 11 is 0. The highest BCUT2D eigenvalue weighted by Gasteiger charge is 2.29. The molecule has 1 saturated heterocycles. The van der Waals surface area contributed by atoms with E-state index in [0.29, 0.717) is 24.5 Å². The van der Waals surface area contributed by atoms with Crippen molar-refractivity contribution in [1.82, 2.24) is 29.7 Å². The van der Waals surface area contributed by atoms with Crippen LogP contribution in [0.2, 0.25) is 0 Å². The van der Waals surface area contributed by atoms with Crippen molar-refractivity contribution in [2.45, 2.75) is 12.5 Å². The monoisotopic (exact) mass is 402 g/mol. The van der Waals surface area contributed by atoms with Gasteiger partial charge in [0.2, 0.25) is 5.88 Å². The molecule has 4 aromatic rings. The van der Waals surface area contributed by atoms with E-state index in [0.717, 1.165) is 28.6 Å². The highest BCUT2D eigenvalue weighted by Crippen LogP contribution is 2.28. The third-order valence-electron chi connectivity index (χ3n) is 5.62. The van der Waals surface area contributed by atoms with Gasteiger partial charge in [-0.15, -0.1) is 5.10 Å². The van der Waals surface area contributed by atoms with Crippen LogP contribution >= 0.6 is 0 Å². The molecule has 1 atom stereocenters. The second-order valence-electron chi connectivity index (χ2n) is 7.51. The molecule has 0 bridgehead atoms. The number of hydrogen-bond acceptors (Lipinski definition) is 5. The first kappa shape index (κ1) is 18.4. The first-order chi connectivity index (χ1) is 14.6. The zero-order valence-electron chi connectivity index (χ0n) is 16.9. The van der Waals surface area contributed by atoms with Crippen molar-refractivity contribution in [3.8, 4) is 17.1 Å². The zero-order valence-corrected chi connectivity index (χ0v) is 16.9. The number of nitrogens with zero attached hydrogens (tertiary/aromatic N) is 6.